The fraction of sp³-hybridized carbons (Fsp3) is 0.333. The number of nitrogens with two attached hydrogens (primary N) is 1. The van der Waals surface area contributed by atoms with Gasteiger partial charge >= 0.3 is 0 Å². The van der Waals surface area contributed by atoms with E-state index in [1.807, 2.05) is 5.43 Å². The van der Waals surface area contributed by atoms with Gasteiger partial charge in [-0.2, -0.15) is 0 Å². The van der Waals surface area contributed by atoms with E-state index in [0.717, 1.165) is 0 Å². The predicted molar refractivity (Wildman–Crippen MR) is 26.4 cm³/mol. The Bertz CT molecular complexity index is 92.5. The van der Waals surface area contributed by atoms with Crippen LogP contribution in [0.5, 0.6) is 0 Å². The maximum atomic E-state index is 10.1. The Kier molecular flexibility index (Phi) is 3.51. The normalized spacial score (nSPS) is 7.62. The number of amides is 2. The molecule has 2 amide bonds. The fourth-order valence-corrected chi connectivity index (χ4v) is 0.185. The number of hydrogen-bond donors (Lipinski definition) is 3. The molecule has 0 aromatic heterocycles. The highest BCUT2D eigenvalue weighted by atomic mass is 16.2. The molecule has 0 aliphatic heterocycles. The SMILES string of the molecule is NNC(=O)CNC=O. The van der Waals surface area contributed by atoms with Crippen molar-refractivity contribution in [3.05, 3.63) is 0 Å². The van der Waals surface area contributed by atoms with Crippen LogP contribution >= 0.6 is 0 Å². The Morgan fingerprint density at radius 3 is 2.75 bits per heavy atom. The summed E-state index contributed by atoms with van der Waals surface area (Å²) >= 11 is 0. The predicted octanol–water partition coefficient (Wildman–Crippen LogP) is -2.28. The quantitative estimate of drug-likeness (QED) is 0.168. The maximum Gasteiger partial charge on any atom is 0.253 e. The molecule has 0 aliphatic rings. The zero-order valence-electron chi connectivity index (χ0n) is 4.18. The first-order chi connectivity index (χ1) is 3.81. The third-order valence-electron chi connectivity index (χ3n) is 0.507. The van der Waals surface area contributed by atoms with Crippen LogP contribution in [-0.2, 0) is 9.59 Å². The van der Waals surface area contributed by atoms with Gasteiger partial charge in [0.1, 0.15) is 0 Å². The molecule has 46 valence electrons. The molecule has 0 atom stereocenters. The molecule has 0 aliphatic carbocycles. The summed E-state index contributed by atoms with van der Waals surface area (Å²) in [5, 5.41) is 2.13. The van der Waals surface area contributed by atoms with E-state index < -0.39 is 5.91 Å². The van der Waals surface area contributed by atoms with E-state index in [0.29, 0.717) is 6.41 Å². The molecule has 5 heteroatoms. The fourth-order valence-electron chi connectivity index (χ4n) is 0.185. The van der Waals surface area contributed by atoms with E-state index in [-0.39, 0.29) is 6.54 Å². The second-order valence-corrected chi connectivity index (χ2v) is 1.07. The molecule has 0 aromatic carbocycles. The van der Waals surface area contributed by atoms with Crippen LogP contribution in [0.15, 0.2) is 0 Å². The molecule has 0 fully saturated rings. The number of hydrogen-bond acceptors (Lipinski definition) is 3. The van der Waals surface area contributed by atoms with E-state index in [1.165, 1.54) is 0 Å². The van der Waals surface area contributed by atoms with Crippen molar-refractivity contribution in [1.29, 1.82) is 0 Å². The Morgan fingerprint density at radius 2 is 2.38 bits per heavy atom. The van der Waals surface area contributed by atoms with Gasteiger partial charge in [0.05, 0.1) is 6.54 Å². The van der Waals surface area contributed by atoms with Gasteiger partial charge in [0.25, 0.3) is 5.91 Å². The number of carbonyl (C=O) groups is 2. The van der Waals surface area contributed by atoms with Crippen LogP contribution in [0, 0.1) is 0 Å². The maximum absolute atomic E-state index is 10.1. The van der Waals surface area contributed by atoms with Crippen molar-refractivity contribution in [2.75, 3.05) is 6.54 Å². The summed E-state index contributed by atoms with van der Waals surface area (Å²) in [7, 11) is 0. The second kappa shape index (κ2) is 4.07. The summed E-state index contributed by atoms with van der Waals surface area (Å²) in [5.74, 6) is 4.24. The molecular formula is C3H7N3O2. The summed E-state index contributed by atoms with van der Waals surface area (Å²) in [5.41, 5.74) is 1.84. The lowest BCUT2D eigenvalue weighted by atomic mass is 10.6. The van der Waals surface area contributed by atoms with Gasteiger partial charge < -0.3 is 5.32 Å². The lowest BCUT2D eigenvalue weighted by Crippen LogP contribution is -2.37. The van der Waals surface area contributed by atoms with Gasteiger partial charge in [0.2, 0.25) is 6.41 Å². The Morgan fingerprint density at radius 1 is 1.75 bits per heavy atom. The topological polar surface area (TPSA) is 84.2 Å². The van der Waals surface area contributed by atoms with Gasteiger partial charge in [-0.25, -0.2) is 5.84 Å². The lowest BCUT2D eigenvalue weighted by Gasteiger charge is -1.93. The first-order valence-electron chi connectivity index (χ1n) is 1.97. The molecule has 0 unspecified atom stereocenters. The highest BCUT2D eigenvalue weighted by Gasteiger charge is 1.91. The van der Waals surface area contributed by atoms with Gasteiger partial charge in [0, 0.05) is 0 Å². The van der Waals surface area contributed by atoms with Crippen LogP contribution in [-0.4, -0.2) is 18.9 Å². The van der Waals surface area contributed by atoms with Crippen molar-refractivity contribution in [1.82, 2.24) is 10.7 Å². The standard InChI is InChI=1S/C3H7N3O2/c4-6-3(8)1-5-2-7/h2H,1,4H2,(H,5,7)(H,6,8). The van der Waals surface area contributed by atoms with E-state index in [1.54, 1.807) is 0 Å². The third kappa shape index (κ3) is 3.10. The minimum absolute atomic E-state index is 0.0694. The van der Waals surface area contributed by atoms with E-state index >= 15 is 0 Å². The van der Waals surface area contributed by atoms with Gasteiger partial charge in [-0.15, -0.1) is 0 Å². The molecule has 8 heavy (non-hydrogen) atoms. The van der Waals surface area contributed by atoms with Gasteiger partial charge in [-0.05, 0) is 0 Å². The molecule has 0 bridgehead atoms. The first-order valence-corrected chi connectivity index (χ1v) is 1.97. The highest BCUT2D eigenvalue weighted by molar-refractivity contribution is 5.79. The van der Waals surface area contributed by atoms with Crippen LogP contribution in [0.4, 0.5) is 0 Å². The Labute approximate surface area is 46.2 Å². The summed E-state index contributed by atoms with van der Waals surface area (Å²) < 4.78 is 0. The molecular weight excluding hydrogens is 110 g/mol. The summed E-state index contributed by atoms with van der Waals surface area (Å²) in [6, 6.07) is 0. The number of hydrazine groups is 1. The van der Waals surface area contributed by atoms with Crippen LogP contribution in [0.1, 0.15) is 0 Å². The second-order valence-electron chi connectivity index (χ2n) is 1.07. The van der Waals surface area contributed by atoms with Crippen molar-refractivity contribution in [3.8, 4) is 0 Å². The van der Waals surface area contributed by atoms with Gasteiger partial charge in [0.15, 0.2) is 0 Å². The molecule has 0 spiro atoms. The molecule has 0 saturated carbocycles. The summed E-state index contributed by atoms with van der Waals surface area (Å²) in [6.45, 7) is -0.0694. The van der Waals surface area contributed by atoms with Crippen molar-refractivity contribution in [2.45, 2.75) is 0 Å². The monoisotopic (exact) mass is 117 g/mol. The molecule has 0 heterocycles. The summed E-state index contributed by atoms with van der Waals surface area (Å²) in [4.78, 5) is 19.6. The van der Waals surface area contributed by atoms with Gasteiger partial charge in [-0.1, -0.05) is 0 Å². The number of rotatable bonds is 3. The zero-order valence-corrected chi connectivity index (χ0v) is 4.18. The summed E-state index contributed by atoms with van der Waals surface area (Å²) in [6.07, 6.45) is 0.426. The largest absolute Gasteiger partial charge is 0.350 e. The van der Waals surface area contributed by atoms with Crippen LogP contribution in [0.2, 0.25) is 0 Å². The lowest BCUT2D eigenvalue weighted by molar-refractivity contribution is -0.122. The minimum atomic E-state index is -0.419. The molecule has 0 rings (SSSR count). The molecule has 0 radical (unpaired) electrons. The average Bonchev–Trinajstić information content (AvgIpc) is 1.83. The minimum Gasteiger partial charge on any atom is -0.350 e. The van der Waals surface area contributed by atoms with Gasteiger partial charge in [-0.3, -0.25) is 15.0 Å². The van der Waals surface area contributed by atoms with E-state index in [4.69, 9.17) is 0 Å². The zero-order chi connectivity index (χ0) is 6.41. The molecule has 5 nitrogen and oxygen atoms in total. The molecule has 4 N–H and O–H groups in total. The highest BCUT2D eigenvalue weighted by Crippen LogP contribution is 1.51. The van der Waals surface area contributed by atoms with E-state index in [9.17, 15) is 9.59 Å². The smallest absolute Gasteiger partial charge is 0.253 e. The van der Waals surface area contributed by atoms with Crippen molar-refractivity contribution >= 4 is 12.3 Å². The Hall–Kier alpha value is -1.10. The van der Waals surface area contributed by atoms with Crippen molar-refractivity contribution in [3.63, 3.8) is 0 Å². The average molecular weight is 117 g/mol. The van der Waals surface area contributed by atoms with Crippen LogP contribution in [0.3, 0.4) is 0 Å². The van der Waals surface area contributed by atoms with E-state index in [2.05, 4.69) is 11.2 Å². The third-order valence-corrected chi connectivity index (χ3v) is 0.507. The first kappa shape index (κ1) is 6.90. The Balaban J connectivity index is 3.11. The number of nitrogens with one attached hydrogen (secondary N) is 2. The van der Waals surface area contributed by atoms with Crippen molar-refractivity contribution < 1.29 is 9.59 Å². The van der Waals surface area contributed by atoms with Crippen LogP contribution < -0.4 is 16.6 Å². The molecule has 0 aromatic rings. The number of carbonyl (C=O) groups excluding carboxylic acids is 2. The van der Waals surface area contributed by atoms with Crippen molar-refractivity contribution in [2.24, 2.45) is 5.84 Å². The molecule has 0 saturated heterocycles. The van der Waals surface area contributed by atoms with Crippen LogP contribution in [0.25, 0.3) is 0 Å².